The smallest absolute Gasteiger partial charge is 0.258 e. The number of nitrogens with one attached hydrogen (secondary N) is 3. The average molecular weight is 432 g/mol. The molecule has 3 heterocycles. The van der Waals surface area contributed by atoms with Crippen LogP contribution in [0.5, 0.6) is 0 Å². The zero-order chi connectivity index (χ0) is 20.2. The molecule has 30 heavy (non-hydrogen) atoms. The molecule has 3 N–H and O–H groups in total. The van der Waals surface area contributed by atoms with Crippen molar-refractivity contribution in [2.75, 3.05) is 18.4 Å². The van der Waals surface area contributed by atoms with Gasteiger partial charge in [-0.05, 0) is 44.5 Å². The summed E-state index contributed by atoms with van der Waals surface area (Å²) in [6.07, 6.45) is 3.42. The number of anilines is 1. The summed E-state index contributed by atoms with van der Waals surface area (Å²) in [6.45, 7) is 1.94. The predicted molar refractivity (Wildman–Crippen MR) is 117 cm³/mol. The highest BCUT2D eigenvalue weighted by Crippen LogP contribution is 2.23. The number of hydrogen-bond acceptors (Lipinski definition) is 6. The molecule has 1 fully saturated rings. The van der Waals surface area contributed by atoms with Gasteiger partial charge >= 0.3 is 0 Å². The first-order valence-electron chi connectivity index (χ1n) is 9.99. The van der Waals surface area contributed by atoms with Crippen molar-refractivity contribution in [3.63, 3.8) is 0 Å². The number of nitrogens with zero attached hydrogens (tertiary/aromatic N) is 4. The summed E-state index contributed by atoms with van der Waals surface area (Å²) in [6, 6.07) is 7.23. The van der Waals surface area contributed by atoms with Gasteiger partial charge in [0.2, 0.25) is 11.9 Å². The Kier molecular flexibility index (Phi) is 7.17. The summed E-state index contributed by atoms with van der Waals surface area (Å²) >= 11 is 0. The highest BCUT2D eigenvalue weighted by molar-refractivity contribution is 5.89. The topological polar surface area (TPSA) is 118 Å². The highest BCUT2D eigenvalue weighted by Gasteiger charge is 2.21. The molecule has 1 aromatic carbocycles. The Hall–Kier alpha value is -2.78. The van der Waals surface area contributed by atoms with Gasteiger partial charge in [-0.15, -0.1) is 12.4 Å². The number of para-hydroxylation sites is 1. The highest BCUT2D eigenvalue weighted by atomic mass is 35.5. The molecule has 0 spiro atoms. The number of amides is 1. The minimum absolute atomic E-state index is 0. The number of aromatic amines is 1. The van der Waals surface area contributed by atoms with Gasteiger partial charge in [0, 0.05) is 25.8 Å². The van der Waals surface area contributed by atoms with Crippen LogP contribution in [0, 0.1) is 0 Å². The molecule has 3 aromatic rings. The molecular formula is C20H26ClN7O2. The van der Waals surface area contributed by atoms with E-state index in [-0.39, 0.29) is 23.9 Å². The largest absolute Gasteiger partial charge is 0.317 e. The Morgan fingerprint density at radius 1 is 1.23 bits per heavy atom. The van der Waals surface area contributed by atoms with Gasteiger partial charge in [0.05, 0.1) is 10.9 Å². The lowest BCUT2D eigenvalue weighted by Crippen LogP contribution is -2.27. The summed E-state index contributed by atoms with van der Waals surface area (Å²) < 4.78 is 1.62. The number of hydrogen-bond donors (Lipinski definition) is 3. The molecule has 4 rings (SSSR count). The SMILES string of the molecule is Cl.Cn1nc(C2CCNCC2)nc1NC(=O)CCCc1nc2ccccc2c(=O)[nH]1. The molecule has 0 aliphatic carbocycles. The number of benzene rings is 1. The van der Waals surface area contributed by atoms with Crippen LogP contribution in [0.4, 0.5) is 5.95 Å². The third-order valence-electron chi connectivity index (χ3n) is 5.21. The van der Waals surface area contributed by atoms with Crippen molar-refractivity contribution < 1.29 is 4.79 Å². The van der Waals surface area contributed by atoms with Crippen LogP contribution in [0.1, 0.15) is 43.3 Å². The monoisotopic (exact) mass is 431 g/mol. The predicted octanol–water partition coefficient (Wildman–Crippen LogP) is 1.90. The molecule has 0 atom stereocenters. The van der Waals surface area contributed by atoms with Gasteiger partial charge in [0.15, 0.2) is 5.82 Å². The number of carbonyl (C=O) groups is 1. The molecule has 0 unspecified atom stereocenters. The van der Waals surface area contributed by atoms with Gasteiger partial charge in [-0.2, -0.15) is 10.1 Å². The van der Waals surface area contributed by atoms with E-state index in [9.17, 15) is 9.59 Å². The average Bonchev–Trinajstić information content (AvgIpc) is 3.09. The van der Waals surface area contributed by atoms with Crippen molar-refractivity contribution >= 4 is 35.2 Å². The minimum atomic E-state index is -0.153. The number of aryl methyl sites for hydroxylation is 2. The van der Waals surface area contributed by atoms with E-state index in [1.54, 1.807) is 17.8 Å². The molecule has 0 radical (unpaired) electrons. The molecule has 10 heteroatoms. The number of fused-ring (bicyclic) bond motifs is 1. The van der Waals surface area contributed by atoms with Gasteiger partial charge in [-0.1, -0.05) is 12.1 Å². The summed E-state index contributed by atoms with van der Waals surface area (Å²) in [4.78, 5) is 36.2. The van der Waals surface area contributed by atoms with Crippen molar-refractivity contribution in [3.8, 4) is 0 Å². The minimum Gasteiger partial charge on any atom is -0.317 e. The fourth-order valence-electron chi connectivity index (χ4n) is 3.62. The molecule has 9 nitrogen and oxygen atoms in total. The van der Waals surface area contributed by atoms with Crippen molar-refractivity contribution in [2.24, 2.45) is 7.05 Å². The Balaban J connectivity index is 0.00000256. The van der Waals surface area contributed by atoms with Gasteiger partial charge in [0.25, 0.3) is 5.56 Å². The van der Waals surface area contributed by atoms with Crippen molar-refractivity contribution in [1.82, 2.24) is 30.0 Å². The van der Waals surface area contributed by atoms with Crippen molar-refractivity contribution in [1.29, 1.82) is 0 Å². The van der Waals surface area contributed by atoms with Crippen LogP contribution >= 0.6 is 12.4 Å². The Morgan fingerprint density at radius 3 is 2.80 bits per heavy atom. The summed E-state index contributed by atoms with van der Waals surface area (Å²) in [7, 11) is 1.79. The van der Waals surface area contributed by atoms with Crippen LogP contribution in [0.3, 0.4) is 0 Å². The van der Waals surface area contributed by atoms with Crippen LogP contribution < -0.4 is 16.2 Å². The van der Waals surface area contributed by atoms with E-state index in [1.807, 2.05) is 18.2 Å². The molecule has 0 saturated carbocycles. The fraction of sp³-hybridized carbons (Fsp3) is 0.450. The quantitative estimate of drug-likeness (QED) is 0.548. The zero-order valence-electron chi connectivity index (χ0n) is 16.9. The fourth-order valence-corrected chi connectivity index (χ4v) is 3.62. The molecular weight excluding hydrogens is 406 g/mol. The molecule has 1 amide bonds. The molecule has 1 aliphatic heterocycles. The lowest BCUT2D eigenvalue weighted by atomic mass is 9.98. The third-order valence-corrected chi connectivity index (χ3v) is 5.21. The molecule has 1 aliphatic rings. The summed E-state index contributed by atoms with van der Waals surface area (Å²) in [5, 5.41) is 11.2. The van der Waals surface area contributed by atoms with E-state index in [0.29, 0.717) is 47.9 Å². The van der Waals surface area contributed by atoms with E-state index in [0.717, 1.165) is 31.8 Å². The molecule has 2 aromatic heterocycles. The van der Waals surface area contributed by atoms with Crippen LogP contribution in [0.15, 0.2) is 29.1 Å². The second-order valence-electron chi connectivity index (χ2n) is 7.37. The summed E-state index contributed by atoms with van der Waals surface area (Å²) in [5.74, 6) is 2.07. The first-order valence-corrected chi connectivity index (χ1v) is 9.99. The van der Waals surface area contributed by atoms with Gasteiger partial charge < -0.3 is 10.3 Å². The van der Waals surface area contributed by atoms with E-state index >= 15 is 0 Å². The standard InChI is InChI=1S/C20H25N7O2.ClH/c1-27-20(25-18(26-27)13-9-11-21-12-10-13)24-17(28)8-4-7-16-22-15-6-3-2-5-14(15)19(29)23-16;/h2-3,5-6,13,21H,4,7-12H2,1H3,(H,22,23,29)(H,24,25,26,28);1H. The van der Waals surface area contributed by atoms with E-state index in [2.05, 4.69) is 30.7 Å². The maximum Gasteiger partial charge on any atom is 0.258 e. The van der Waals surface area contributed by atoms with Crippen molar-refractivity contribution in [3.05, 3.63) is 46.3 Å². The summed E-state index contributed by atoms with van der Waals surface area (Å²) in [5.41, 5.74) is 0.514. The van der Waals surface area contributed by atoms with Gasteiger partial charge in [0.1, 0.15) is 5.82 Å². The van der Waals surface area contributed by atoms with Crippen LogP contribution in [0.2, 0.25) is 0 Å². The van der Waals surface area contributed by atoms with Gasteiger partial charge in [-0.3, -0.25) is 14.9 Å². The normalized spacial score (nSPS) is 14.4. The Morgan fingerprint density at radius 2 is 2.00 bits per heavy atom. The maximum atomic E-state index is 12.3. The van der Waals surface area contributed by atoms with Crippen LogP contribution in [-0.2, 0) is 18.3 Å². The van der Waals surface area contributed by atoms with Crippen LogP contribution in [-0.4, -0.2) is 43.7 Å². The Bertz CT molecular complexity index is 1070. The number of aromatic nitrogens is 5. The van der Waals surface area contributed by atoms with E-state index < -0.39 is 0 Å². The first-order chi connectivity index (χ1) is 14.1. The first kappa shape index (κ1) is 21.9. The van der Waals surface area contributed by atoms with Gasteiger partial charge in [-0.25, -0.2) is 9.67 Å². The van der Waals surface area contributed by atoms with E-state index in [1.165, 1.54) is 0 Å². The molecule has 160 valence electrons. The second-order valence-corrected chi connectivity index (χ2v) is 7.37. The number of piperidine rings is 1. The number of halogens is 1. The third kappa shape index (κ3) is 5.03. The van der Waals surface area contributed by atoms with E-state index in [4.69, 9.17) is 0 Å². The molecule has 1 saturated heterocycles. The lowest BCUT2D eigenvalue weighted by molar-refractivity contribution is -0.116. The van der Waals surface area contributed by atoms with Crippen molar-refractivity contribution in [2.45, 2.75) is 38.0 Å². The number of rotatable bonds is 6. The zero-order valence-corrected chi connectivity index (χ0v) is 17.7. The second kappa shape index (κ2) is 9.82. The lowest BCUT2D eigenvalue weighted by Gasteiger charge is -2.19. The maximum absolute atomic E-state index is 12.3. The molecule has 0 bridgehead atoms. The number of carbonyl (C=O) groups excluding carboxylic acids is 1. The number of H-pyrrole nitrogens is 1. The Labute approximate surface area is 180 Å². The van der Waals surface area contributed by atoms with Crippen LogP contribution in [0.25, 0.3) is 10.9 Å².